The Hall–Kier alpha value is -1.55. The fourth-order valence-electron chi connectivity index (χ4n) is 2.06. The van der Waals surface area contributed by atoms with E-state index in [2.05, 4.69) is 5.32 Å². The summed E-state index contributed by atoms with van der Waals surface area (Å²) in [4.78, 5) is 11.3. The maximum Gasteiger partial charge on any atom is 0.221 e. The average Bonchev–Trinajstić information content (AvgIpc) is 2.72. The highest BCUT2D eigenvalue weighted by Gasteiger charge is 2.39. The second kappa shape index (κ2) is 4.14. The minimum absolute atomic E-state index is 0.0168. The van der Waals surface area contributed by atoms with Crippen LogP contribution >= 0.6 is 0 Å². The molecule has 1 aliphatic heterocycles. The van der Waals surface area contributed by atoms with Gasteiger partial charge in [0.15, 0.2) is 0 Å². The lowest BCUT2D eigenvalue weighted by Crippen LogP contribution is -2.32. The van der Waals surface area contributed by atoms with Crippen LogP contribution in [-0.4, -0.2) is 31.3 Å². The van der Waals surface area contributed by atoms with Crippen LogP contribution in [0.25, 0.3) is 0 Å². The van der Waals surface area contributed by atoms with Crippen molar-refractivity contribution in [2.75, 3.05) is 20.3 Å². The van der Waals surface area contributed by atoms with Gasteiger partial charge in [-0.15, -0.1) is 0 Å². The quantitative estimate of drug-likeness (QED) is 0.779. The number of aliphatic hydroxyl groups is 1. The first kappa shape index (κ1) is 11.0. The Bertz CT molecular complexity index is 405. The molecular formula is C12H15NO3. The number of amides is 1. The van der Waals surface area contributed by atoms with E-state index in [9.17, 15) is 9.90 Å². The summed E-state index contributed by atoms with van der Waals surface area (Å²) < 4.78 is 5.14. The molecule has 2 rings (SSSR count). The van der Waals surface area contributed by atoms with Crippen LogP contribution < -0.4 is 10.1 Å². The first-order valence-corrected chi connectivity index (χ1v) is 5.22. The summed E-state index contributed by atoms with van der Waals surface area (Å²) in [6, 6.07) is 7.50. The summed E-state index contributed by atoms with van der Waals surface area (Å²) in [6.45, 7) is 0.439. The summed E-state index contributed by atoms with van der Waals surface area (Å²) in [5.41, 5.74) is 0.443. The van der Waals surface area contributed by atoms with Gasteiger partial charge in [-0.2, -0.15) is 0 Å². The predicted molar refractivity (Wildman–Crippen MR) is 59.4 cm³/mol. The average molecular weight is 221 g/mol. The number of benzene rings is 1. The third-order valence-corrected chi connectivity index (χ3v) is 3.11. The molecule has 1 aromatic carbocycles. The normalized spacial score (nSPS) is 24.2. The zero-order valence-corrected chi connectivity index (χ0v) is 9.19. The third kappa shape index (κ3) is 1.76. The van der Waals surface area contributed by atoms with Gasteiger partial charge in [-0.05, 0) is 17.7 Å². The van der Waals surface area contributed by atoms with E-state index in [-0.39, 0.29) is 12.5 Å². The molecule has 4 heteroatoms. The lowest BCUT2D eigenvalue weighted by Gasteiger charge is -2.25. The fraction of sp³-hybridized carbons (Fsp3) is 0.417. The van der Waals surface area contributed by atoms with Crippen LogP contribution in [0.2, 0.25) is 0 Å². The zero-order chi connectivity index (χ0) is 11.6. The van der Waals surface area contributed by atoms with Gasteiger partial charge in [0.2, 0.25) is 5.91 Å². The second-order valence-corrected chi connectivity index (χ2v) is 4.12. The number of carbonyl (C=O) groups is 1. The highest BCUT2D eigenvalue weighted by molar-refractivity contribution is 5.80. The maximum atomic E-state index is 11.3. The van der Waals surface area contributed by atoms with Crippen molar-refractivity contribution in [3.05, 3.63) is 29.8 Å². The van der Waals surface area contributed by atoms with Crippen LogP contribution in [0.5, 0.6) is 5.75 Å². The second-order valence-electron chi connectivity index (χ2n) is 4.12. The Morgan fingerprint density at radius 2 is 2.38 bits per heavy atom. The monoisotopic (exact) mass is 221 g/mol. The molecule has 0 aromatic heterocycles. The van der Waals surface area contributed by atoms with Gasteiger partial charge in [0, 0.05) is 18.4 Å². The first-order valence-electron chi connectivity index (χ1n) is 5.22. The number of hydrogen-bond acceptors (Lipinski definition) is 3. The minimum atomic E-state index is -0.494. The lowest BCUT2D eigenvalue weighted by molar-refractivity contribution is -0.119. The highest BCUT2D eigenvalue weighted by atomic mass is 16.5. The summed E-state index contributed by atoms with van der Waals surface area (Å²) in [7, 11) is 1.60. The molecule has 0 saturated carbocycles. The summed E-state index contributed by atoms with van der Waals surface area (Å²) >= 11 is 0. The molecule has 1 saturated heterocycles. The van der Waals surface area contributed by atoms with Crippen LogP contribution in [0.15, 0.2) is 24.3 Å². The minimum Gasteiger partial charge on any atom is -0.497 e. The molecule has 0 aliphatic carbocycles. The van der Waals surface area contributed by atoms with Crippen LogP contribution in [0.4, 0.5) is 0 Å². The Balaban J connectivity index is 2.36. The molecule has 1 aliphatic rings. The van der Waals surface area contributed by atoms with Crippen LogP contribution in [-0.2, 0) is 10.2 Å². The number of hydrogen-bond donors (Lipinski definition) is 2. The van der Waals surface area contributed by atoms with Gasteiger partial charge in [0.05, 0.1) is 13.7 Å². The standard InChI is InChI=1S/C12H15NO3/c1-16-10-4-2-3-9(5-10)12(8-14)6-11(15)13-7-12/h2-5,14H,6-8H2,1H3,(H,13,15). The Kier molecular flexibility index (Phi) is 2.83. The van der Waals surface area contributed by atoms with E-state index < -0.39 is 5.41 Å². The van der Waals surface area contributed by atoms with Crippen molar-refractivity contribution in [2.45, 2.75) is 11.8 Å². The topological polar surface area (TPSA) is 58.6 Å². The van der Waals surface area contributed by atoms with Gasteiger partial charge in [-0.1, -0.05) is 12.1 Å². The van der Waals surface area contributed by atoms with E-state index in [1.54, 1.807) is 7.11 Å². The predicted octanol–water partition coefficient (Wildman–Crippen LogP) is 0.445. The van der Waals surface area contributed by atoms with E-state index in [1.807, 2.05) is 24.3 Å². The molecule has 1 heterocycles. The molecule has 0 spiro atoms. The van der Waals surface area contributed by atoms with Gasteiger partial charge in [0.25, 0.3) is 0 Å². The highest BCUT2D eigenvalue weighted by Crippen LogP contribution is 2.32. The fourth-order valence-corrected chi connectivity index (χ4v) is 2.06. The number of nitrogens with one attached hydrogen (secondary N) is 1. The Labute approximate surface area is 94.2 Å². The van der Waals surface area contributed by atoms with Gasteiger partial charge in [-0.3, -0.25) is 4.79 Å². The van der Waals surface area contributed by atoms with Gasteiger partial charge >= 0.3 is 0 Å². The maximum absolute atomic E-state index is 11.3. The number of aliphatic hydroxyl groups excluding tert-OH is 1. The molecular weight excluding hydrogens is 206 g/mol. The van der Waals surface area contributed by atoms with Crippen molar-refractivity contribution in [3.63, 3.8) is 0 Å². The van der Waals surface area contributed by atoms with Gasteiger partial charge in [-0.25, -0.2) is 0 Å². The van der Waals surface area contributed by atoms with Crippen molar-refractivity contribution >= 4 is 5.91 Å². The molecule has 1 aromatic rings. The van der Waals surface area contributed by atoms with Crippen LogP contribution in [0.1, 0.15) is 12.0 Å². The SMILES string of the molecule is COc1cccc(C2(CO)CNC(=O)C2)c1. The lowest BCUT2D eigenvalue weighted by atomic mass is 9.80. The molecule has 0 radical (unpaired) electrons. The molecule has 1 amide bonds. The molecule has 1 fully saturated rings. The molecule has 1 atom stereocenters. The summed E-state index contributed by atoms with van der Waals surface area (Å²) in [5.74, 6) is 0.724. The van der Waals surface area contributed by atoms with Crippen molar-refractivity contribution in [1.29, 1.82) is 0 Å². The molecule has 0 bridgehead atoms. The molecule has 86 valence electrons. The number of methoxy groups -OCH3 is 1. The van der Waals surface area contributed by atoms with Crippen LogP contribution in [0.3, 0.4) is 0 Å². The summed E-state index contributed by atoms with van der Waals surface area (Å²) in [6.07, 6.45) is 0.330. The van der Waals surface area contributed by atoms with Gasteiger partial charge < -0.3 is 15.2 Å². The Morgan fingerprint density at radius 1 is 1.56 bits per heavy atom. The van der Waals surface area contributed by atoms with E-state index in [1.165, 1.54) is 0 Å². The van der Waals surface area contributed by atoms with Crippen molar-refractivity contribution < 1.29 is 14.6 Å². The molecule has 2 N–H and O–H groups in total. The van der Waals surface area contributed by atoms with Gasteiger partial charge in [0.1, 0.15) is 5.75 Å². The Morgan fingerprint density at radius 3 is 2.94 bits per heavy atom. The smallest absolute Gasteiger partial charge is 0.221 e. The van der Waals surface area contributed by atoms with Crippen molar-refractivity contribution in [2.24, 2.45) is 0 Å². The van der Waals surface area contributed by atoms with E-state index >= 15 is 0 Å². The number of ether oxygens (including phenoxy) is 1. The van der Waals surface area contributed by atoms with Crippen molar-refractivity contribution in [1.82, 2.24) is 5.32 Å². The molecule has 16 heavy (non-hydrogen) atoms. The van der Waals surface area contributed by atoms with Crippen molar-refractivity contribution in [3.8, 4) is 5.75 Å². The largest absolute Gasteiger partial charge is 0.497 e. The zero-order valence-electron chi connectivity index (χ0n) is 9.19. The van der Waals surface area contributed by atoms with Crippen LogP contribution in [0, 0.1) is 0 Å². The molecule has 1 unspecified atom stereocenters. The molecule has 4 nitrogen and oxygen atoms in total. The first-order chi connectivity index (χ1) is 7.70. The third-order valence-electron chi connectivity index (χ3n) is 3.11. The summed E-state index contributed by atoms with van der Waals surface area (Å²) in [5, 5.41) is 12.3. The van der Waals surface area contributed by atoms with E-state index in [0.29, 0.717) is 13.0 Å². The number of carbonyl (C=O) groups excluding carboxylic acids is 1. The van der Waals surface area contributed by atoms with E-state index in [0.717, 1.165) is 11.3 Å². The van der Waals surface area contributed by atoms with E-state index in [4.69, 9.17) is 4.74 Å². The number of rotatable bonds is 3.